The Balaban J connectivity index is 1.69. The number of piperidine rings is 1. The van der Waals surface area contributed by atoms with Gasteiger partial charge < -0.3 is 19.9 Å². The van der Waals surface area contributed by atoms with E-state index in [2.05, 4.69) is 37.9 Å². The highest BCUT2D eigenvalue weighted by Crippen LogP contribution is 2.23. The summed E-state index contributed by atoms with van der Waals surface area (Å²) in [7, 11) is 0. The van der Waals surface area contributed by atoms with Crippen LogP contribution in [0.5, 0.6) is 0 Å². The van der Waals surface area contributed by atoms with Crippen LogP contribution in [-0.2, 0) is 14.3 Å². The lowest BCUT2D eigenvalue weighted by molar-refractivity contribution is -0.149. The summed E-state index contributed by atoms with van der Waals surface area (Å²) < 4.78 is 5.86. The van der Waals surface area contributed by atoms with Crippen LogP contribution in [0.25, 0.3) is 0 Å². The Bertz CT molecular complexity index is 531. The lowest BCUT2D eigenvalue weighted by Gasteiger charge is -2.45. The number of piperazine rings is 1. The van der Waals surface area contributed by atoms with Crippen LogP contribution in [0.15, 0.2) is 0 Å². The highest BCUT2D eigenvalue weighted by molar-refractivity contribution is 5.83. The summed E-state index contributed by atoms with van der Waals surface area (Å²) in [6.45, 7) is 13.5. The van der Waals surface area contributed by atoms with Gasteiger partial charge in [0.1, 0.15) is 0 Å². The first-order valence-electron chi connectivity index (χ1n) is 10.5. The number of carbonyl (C=O) groups excluding carboxylic acids is 2. The first kappa shape index (κ1) is 20.6. The number of hydrogen-bond acceptors (Lipinski definition) is 5. The second kappa shape index (κ2) is 8.88. The van der Waals surface area contributed by atoms with Crippen molar-refractivity contribution in [2.75, 3.05) is 45.8 Å². The van der Waals surface area contributed by atoms with Crippen LogP contribution in [0.2, 0.25) is 0 Å². The van der Waals surface area contributed by atoms with Crippen molar-refractivity contribution < 1.29 is 14.3 Å². The summed E-state index contributed by atoms with van der Waals surface area (Å²) >= 11 is 0. The van der Waals surface area contributed by atoms with Crippen LogP contribution in [0.4, 0.5) is 0 Å². The highest BCUT2D eigenvalue weighted by Gasteiger charge is 2.39. The van der Waals surface area contributed by atoms with Gasteiger partial charge >= 0.3 is 0 Å². The normalized spacial score (nSPS) is 32.0. The summed E-state index contributed by atoms with van der Waals surface area (Å²) in [5.41, 5.74) is 0. The molecule has 154 valence electrons. The van der Waals surface area contributed by atoms with Gasteiger partial charge in [0, 0.05) is 45.3 Å². The molecule has 0 bridgehead atoms. The van der Waals surface area contributed by atoms with Gasteiger partial charge in [0.2, 0.25) is 11.8 Å². The maximum absolute atomic E-state index is 13.5. The molecule has 27 heavy (non-hydrogen) atoms. The Morgan fingerprint density at radius 1 is 1.15 bits per heavy atom. The van der Waals surface area contributed by atoms with Crippen molar-refractivity contribution in [3.8, 4) is 0 Å². The molecule has 0 saturated carbocycles. The fraction of sp³-hybridized carbons (Fsp3) is 0.900. The number of nitrogens with one attached hydrogen (secondary N) is 1. The Morgan fingerprint density at radius 2 is 1.85 bits per heavy atom. The molecule has 1 N–H and O–H groups in total. The maximum atomic E-state index is 13.5. The molecule has 3 aliphatic rings. The number of ether oxygens (including phenoxy) is 1. The topological polar surface area (TPSA) is 65.1 Å². The van der Waals surface area contributed by atoms with Gasteiger partial charge in [0.15, 0.2) is 0 Å². The van der Waals surface area contributed by atoms with Crippen LogP contribution in [0.3, 0.4) is 0 Å². The first-order chi connectivity index (χ1) is 12.9. The SMILES string of the molecule is CC1CN(C(C(=O)N2CCCC(N3CCNCC3=O)C2)C(C)C)CC(C)O1. The lowest BCUT2D eigenvalue weighted by atomic mass is 9.96. The number of morpholine rings is 1. The van der Waals surface area contributed by atoms with Crippen LogP contribution >= 0.6 is 0 Å². The molecule has 0 radical (unpaired) electrons. The largest absolute Gasteiger partial charge is 0.373 e. The van der Waals surface area contributed by atoms with Crippen molar-refractivity contribution in [2.45, 2.75) is 64.8 Å². The second-order valence-electron chi connectivity index (χ2n) is 8.74. The minimum atomic E-state index is -0.115. The van der Waals surface area contributed by atoms with Gasteiger partial charge in [0.25, 0.3) is 0 Å². The third-order valence-corrected chi connectivity index (χ3v) is 6.00. The third kappa shape index (κ3) is 4.81. The molecule has 0 aromatic carbocycles. The van der Waals surface area contributed by atoms with E-state index in [1.807, 2.05) is 9.80 Å². The molecule has 0 aromatic heterocycles. The molecule has 3 aliphatic heterocycles. The third-order valence-electron chi connectivity index (χ3n) is 6.00. The molecule has 3 fully saturated rings. The van der Waals surface area contributed by atoms with Crippen LogP contribution in [0.1, 0.15) is 40.5 Å². The van der Waals surface area contributed by atoms with Gasteiger partial charge in [-0.05, 0) is 32.6 Å². The van der Waals surface area contributed by atoms with E-state index in [4.69, 9.17) is 4.74 Å². The van der Waals surface area contributed by atoms with E-state index in [1.165, 1.54) is 0 Å². The number of likely N-dealkylation sites (tertiary alicyclic amines) is 1. The Morgan fingerprint density at radius 3 is 2.48 bits per heavy atom. The zero-order chi connectivity index (χ0) is 19.6. The number of nitrogens with zero attached hydrogens (tertiary/aromatic N) is 3. The van der Waals surface area contributed by atoms with Gasteiger partial charge in [-0.3, -0.25) is 14.5 Å². The lowest BCUT2D eigenvalue weighted by Crippen LogP contribution is -2.61. The van der Waals surface area contributed by atoms with Crippen LogP contribution < -0.4 is 5.32 Å². The van der Waals surface area contributed by atoms with Gasteiger partial charge in [-0.25, -0.2) is 0 Å². The number of hydrogen-bond donors (Lipinski definition) is 1. The summed E-state index contributed by atoms with van der Waals surface area (Å²) in [6, 6.07) is 0.0453. The monoisotopic (exact) mass is 380 g/mol. The summed E-state index contributed by atoms with van der Waals surface area (Å²) in [5.74, 6) is 0.631. The van der Waals surface area contributed by atoms with E-state index in [0.717, 1.165) is 45.6 Å². The molecule has 7 nitrogen and oxygen atoms in total. The average Bonchev–Trinajstić information content (AvgIpc) is 2.61. The molecule has 4 atom stereocenters. The summed E-state index contributed by atoms with van der Waals surface area (Å²) in [5, 5.41) is 3.13. The van der Waals surface area contributed by atoms with Crippen molar-refractivity contribution in [1.82, 2.24) is 20.0 Å². The van der Waals surface area contributed by atoms with E-state index in [-0.39, 0.29) is 42.0 Å². The van der Waals surface area contributed by atoms with E-state index in [9.17, 15) is 9.59 Å². The van der Waals surface area contributed by atoms with Crippen molar-refractivity contribution >= 4 is 11.8 Å². The van der Waals surface area contributed by atoms with Crippen molar-refractivity contribution in [3.63, 3.8) is 0 Å². The molecule has 0 spiro atoms. The van der Waals surface area contributed by atoms with Crippen LogP contribution in [-0.4, -0.2) is 96.6 Å². The predicted octanol–water partition coefficient (Wildman–Crippen LogP) is 0.543. The van der Waals surface area contributed by atoms with Crippen molar-refractivity contribution in [3.05, 3.63) is 0 Å². The quantitative estimate of drug-likeness (QED) is 0.771. The molecule has 4 unspecified atom stereocenters. The van der Waals surface area contributed by atoms with E-state index < -0.39 is 0 Å². The molecule has 2 amide bonds. The Hall–Kier alpha value is -1.18. The maximum Gasteiger partial charge on any atom is 0.240 e. The molecular weight excluding hydrogens is 344 g/mol. The smallest absolute Gasteiger partial charge is 0.240 e. The molecule has 0 aliphatic carbocycles. The van der Waals surface area contributed by atoms with E-state index in [0.29, 0.717) is 13.1 Å². The number of carbonyl (C=O) groups is 2. The molecule has 0 aromatic rings. The molecule has 7 heteroatoms. The van der Waals surface area contributed by atoms with Crippen molar-refractivity contribution in [1.29, 1.82) is 0 Å². The highest BCUT2D eigenvalue weighted by atomic mass is 16.5. The standard InChI is InChI=1S/C20H36N4O3/c1-14(2)19(23-11-15(3)27-16(4)12-23)20(26)22-8-5-6-17(13-22)24-9-7-21-10-18(24)25/h14-17,19,21H,5-13H2,1-4H3. The van der Waals surface area contributed by atoms with E-state index >= 15 is 0 Å². The van der Waals surface area contributed by atoms with Gasteiger partial charge in [0.05, 0.1) is 24.8 Å². The van der Waals surface area contributed by atoms with Gasteiger partial charge in [-0.2, -0.15) is 0 Å². The van der Waals surface area contributed by atoms with Crippen LogP contribution in [0, 0.1) is 5.92 Å². The Kier molecular flexibility index (Phi) is 6.76. The minimum Gasteiger partial charge on any atom is -0.373 e. The zero-order valence-corrected chi connectivity index (χ0v) is 17.3. The van der Waals surface area contributed by atoms with Gasteiger partial charge in [-0.1, -0.05) is 13.8 Å². The fourth-order valence-electron chi connectivity index (χ4n) is 4.91. The average molecular weight is 381 g/mol. The second-order valence-corrected chi connectivity index (χ2v) is 8.74. The minimum absolute atomic E-state index is 0.115. The molecule has 3 saturated heterocycles. The Labute approximate surface area is 163 Å². The number of amides is 2. The van der Waals surface area contributed by atoms with Gasteiger partial charge in [-0.15, -0.1) is 0 Å². The molecular formula is C20H36N4O3. The first-order valence-corrected chi connectivity index (χ1v) is 10.5. The summed E-state index contributed by atoms with van der Waals surface area (Å²) in [4.78, 5) is 32.1. The molecule has 3 rings (SSSR count). The van der Waals surface area contributed by atoms with Crippen molar-refractivity contribution in [2.24, 2.45) is 5.92 Å². The van der Waals surface area contributed by atoms with E-state index in [1.54, 1.807) is 0 Å². The zero-order valence-electron chi connectivity index (χ0n) is 17.3. The predicted molar refractivity (Wildman–Crippen MR) is 104 cm³/mol. The summed E-state index contributed by atoms with van der Waals surface area (Å²) in [6.07, 6.45) is 2.26. The fourth-order valence-corrected chi connectivity index (χ4v) is 4.91. The molecule has 3 heterocycles. The number of rotatable bonds is 4.